The van der Waals surface area contributed by atoms with E-state index in [0.717, 1.165) is 18.5 Å². The highest BCUT2D eigenvalue weighted by Crippen LogP contribution is 2.28. The zero-order chi connectivity index (χ0) is 21.2. The molecular weight excluding hydrogens is 364 g/mol. The van der Waals surface area contributed by atoms with Gasteiger partial charge in [-0.1, -0.05) is 31.2 Å². The van der Waals surface area contributed by atoms with E-state index in [1.165, 1.54) is 5.56 Å². The fourth-order valence-electron chi connectivity index (χ4n) is 2.86. The maximum atomic E-state index is 12.7. The molecular formula is C24H34N2O3. The fraction of sp³-hybridized carbons (Fsp3) is 0.458. The van der Waals surface area contributed by atoms with Crippen molar-refractivity contribution >= 4 is 5.91 Å². The molecule has 0 aliphatic rings. The summed E-state index contributed by atoms with van der Waals surface area (Å²) in [6.07, 6.45) is 0.916. The summed E-state index contributed by atoms with van der Waals surface area (Å²) in [5, 5.41) is 3.04. The first-order valence-electron chi connectivity index (χ1n) is 10.4. The van der Waals surface area contributed by atoms with Gasteiger partial charge in [-0.25, -0.2) is 0 Å². The van der Waals surface area contributed by atoms with Gasteiger partial charge in [0.05, 0.1) is 13.2 Å². The molecule has 5 heteroatoms. The highest BCUT2D eigenvalue weighted by atomic mass is 16.5. The molecule has 29 heavy (non-hydrogen) atoms. The highest BCUT2D eigenvalue weighted by Gasteiger charge is 2.13. The van der Waals surface area contributed by atoms with Crippen LogP contribution in [-0.4, -0.2) is 37.1 Å². The number of carbonyl (C=O) groups excluding carboxylic acids is 1. The van der Waals surface area contributed by atoms with E-state index in [2.05, 4.69) is 50.2 Å². The maximum absolute atomic E-state index is 12.7. The van der Waals surface area contributed by atoms with Crippen LogP contribution in [0.15, 0.2) is 42.5 Å². The van der Waals surface area contributed by atoms with Gasteiger partial charge in [-0.05, 0) is 63.6 Å². The molecule has 0 saturated heterocycles. The molecule has 158 valence electrons. The lowest BCUT2D eigenvalue weighted by Crippen LogP contribution is -2.27. The monoisotopic (exact) mass is 398 g/mol. The summed E-state index contributed by atoms with van der Waals surface area (Å²) in [5.74, 6) is 1.15. The molecule has 1 amide bonds. The molecule has 0 saturated carbocycles. The van der Waals surface area contributed by atoms with Crippen LogP contribution in [0.4, 0.5) is 0 Å². The molecule has 5 nitrogen and oxygen atoms in total. The molecule has 0 spiro atoms. The summed E-state index contributed by atoms with van der Waals surface area (Å²) in [6.45, 7) is 10.8. The molecule has 0 bridgehead atoms. The summed E-state index contributed by atoms with van der Waals surface area (Å²) in [7, 11) is 2.11. The minimum Gasteiger partial charge on any atom is -0.490 e. The van der Waals surface area contributed by atoms with Crippen molar-refractivity contribution < 1.29 is 14.3 Å². The maximum Gasteiger partial charge on any atom is 0.251 e. The lowest BCUT2D eigenvalue weighted by molar-refractivity contribution is 0.0950. The highest BCUT2D eigenvalue weighted by molar-refractivity contribution is 5.94. The van der Waals surface area contributed by atoms with Crippen molar-refractivity contribution in [1.29, 1.82) is 0 Å². The fourth-order valence-corrected chi connectivity index (χ4v) is 2.86. The number of rotatable bonds is 11. The molecule has 2 aromatic rings. The van der Waals surface area contributed by atoms with Gasteiger partial charge in [0.25, 0.3) is 5.91 Å². The number of nitrogens with zero attached hydrogens (tertiary/aromatic N) is 1. The number of hydrogen-bond acceptors (Lipinski definition) is 4. The van der Waals surface area contributed by atoms with E-state index >= 15 is 0 Å². The third kappa shape index (κ3) is 6.79. The first kappa shape index (κ1) is 22.8. The first-order valence-corrected chi connectivity index (χ1v) is 10.4. The van der Waals surface area contributed by atoms with Crippen LogP contribution in [0, 0.1) is 0 Å². The van der Waals surface area contributed by atoms with Gasteiger partial charge in [0.15, 0.2) is 11.5 Å². The molecule has 0 aliphatic carbocycles. The number of hydrogen-bond donors (Lipinski definition) is 1. The number of carbonyl (C=O) groups is 1. The molecule has 2 rings (SSSR count). The van der Waals surface area contributed by atoms with Crippen molar-refractivity contribution in [2.75, 3.05) is 20.3 Å². The van der Waals surface area contributed by atoms with E-state index in [1.54, 1.807) is 18.2 Å². The summed E-state index contributed by atoms with van der Waals surface area (Å²) in [5.41, 5.74) is 2.91. The molecule has 0 atom stereocenters. The lowest BCUT2D eigenvalue weighted by Gasteiger charge is -2.22. The van der Waals surface area contributed by atoms with Crippen LogP contribution < -0.4 is 14.8 Å². The van der Waals surface area contributed by atoms with Gasteiger partial charge in [0.1, 0.15) is 0 Å². The predicted octanol–water partition coefficient (Wildman–Crippen LogP) is 4.64. The normalized spacial score (nSPS) is 11.0. The third-order valence-corrected chi connectivity index (χ3v) is 4.83. The Labute approximate surface area is 175 Å². The minimum atomic E-state index is -0.125. The van der Waals surface area contributed by atoms with E-state index in [1.807, 2.05) is 19.1 Å². The number of benzene rings is 2. The minimum absolute atomic E-state index is 0.125. The Morgan fingerprint density at radius 1 is 1.03 bits per heavy atom. The second-order valence-corrected chi connectivity index (χ2v) is 7.40. The Kier molecular flexibility index (Phi) is 9.00. The second-order valence-electron chi connectivity index (χ2n) is 7.40. The van der Waals surface area contributed by atoms with E-state index in [9.17, 15) is 4.79 Å². The van der Waals surface area contributed by atoms with Crippen LogP contribution in [-0.2, 0) is 13.1 Å². The lowest BCUT2D eigenvalue weighted by atomic mass is 10.1. The van der Waals surface area contributed by atoms with Crippen LogP contribution in [0.5, 0.6) is 11.5 Å². The van der Waals surface area contributed by atoms with Gasteiger partial charge in [0, 0.05) is 24.7 Å². The smallest absolute Gasteiger partial charge is 0.251 e. The van der Waals surface area contributed by atoms with Gasteiger partial charge in [-0.15, -0.1) is 0 Å². The van der Waals surface area contributed by atoms with Gasteiger partial charge >= 0.3 is 0 Å². The topological polar surface area (TPSA) is 50.8 Å². The van der Waals surface area contributed by atoms with Crippen molar-refractivity contribution in [2.24, 2.45) is 0 Å². The van der Waals surface area contributed by atoms with Crippen molar-refractivity contribution in [3.8, 4) is 11.5 Å². The Bertz CT molecular complexity index is 789. The van der Waals surface area contributed by atoms with Gasteiger partial charge in [-0.2, -0.15) is 0 Å². The van der Waals surface area contributed by atoms with Gasteiger partial charge in [0.2, 0.25) is 0 Å². The molecule has 1 N–H and O–H groups in total. The molecule has 0 aromatic heterocycles. The number of nitrogens with one attached hydrogen (secondary N) is 1. The molecule has 0 aliphatic heterocycles. The largest absolute Gasteiger partial charge is 0.490 e. The Balaban J connectivity index is 2.08. The Morgan fingerprint density at radius 2 is 1.76 bits per heavy atom. The first-order chi connectivity index (χ1) is 14.0. The summed E-state index contributed by atoms with van der Waals surface area (Å²) in [6, 6.07) is 14.0. The van der Waals surface area contributed by atoms with Crippen LogP contribution in [0.1, 0.15) is 55.6 Å². The molecule has 0 fully saturated rings. The Morgan fingerprint density at radius 3 is 2.41 bits per heavy atom. The average Bonchev–Trinajstić information content (AvgIpc) is 2.72. The van der Waals surface area contributed by atoms with Crippen LogP contribution in [0.25, 0.3) is 0 Å². The van der Waals surface area contributed by atoms with Crippen LogP contribution in [0.2, 0.25) is 0 Å². The van der Waals surface area contributed by atoms with E-state index in [-0.39, 0.29) is 5.91 Å². The molecule has 0 radical (unpaired) electrons. The van der Waals surface area contributed by atoms with Gasteiger partial charge in [-0.3, -0.25) is 9.69 Å². The predicted molar refractivity (Wildman–Crippen MR) is 118 cm³/mol. The van der Waals surface area contributed by atoms with Crippen molar-refractivity contribution in [2.45, 2.75) is 53.2 Å². The van der Waals surface area contributed by atoms with Crippen molar-refractivity contribution in [3.05, 3.63) is 59.2 Å². The van der Waals surface area contributed by atoms with Gasteiger partial charge < -0.3 is 14.8 Å². The number of ether oxygens (including phenoxy) is 2. The van der Waals surface area contributed by atoms with E-state index < -0.39 is 0 Å². The second kappa shape index (κ2) is 11.5. The summed E-state index contributed by atoms with van der Waals surface area (Å²) >= 11 is 0. The Hall–Kier alpha value is -2.53. The molecule has 0 unspecified atom stereocenters. The zero-order valence-electron chi connectivity index (χ0n) is 18.3. The SMILES string of the molecule is CCCOc1ccc(C(=O)NCc2ccccc2CN(C)C(C)C)cc1OCC. The summed E-state index contributed by atoms with van der Waals surface area (Å²) in [4.78, 5) is 15.0. The molecule has 2 aromatic carbocycles. The van der Waals surface area contributed by atoms with E-state index in [4.69, 9.17) is 9.47 Å². The quantitative estimate of drug-likeness (QED) is 0.599. The van der Waals surface area contributed by atoms with E-state index in [0.29, 0.717) is 42.9 Å². The zero-order valence-corrected chi connectivity index (χ0v) is 18.3. The standard InChI is InChI=1S/C24H34N2O3/c1-6-14-29-22-13-12-19(15-23(22)28-7-2)24(27)25-16-20-10-8-9-11-21(20)17-26(5)18(3)4/h8-13,15,18H,6-7,14,16-17H2,1-5H3,(H,25,27). The number of amides is 1. The van der Waals surface area contributed by atoms with Crippen LogP contribution >= 0.6 is 0 Å². The third-order valence-electron chi connectivity index (χ3n) is 4.83. The molecule has 0 heterocycles. The van der Waals surface area contributed by atoms with Crippen LogP contribution in [0.3, 0.4) is 0 Å². The van der Waals surface area contributed by atoms with Crippen molar-refractivity contribution in [3.63, 3.8) is 0 Å². The average molecular weight is 399 g/mol. The van der Waals surface area contributed by atoms with Crippen molar-refractivity contribution in [1.82, 2.24) is 10.2 Å². The summed E-state index contributed by atoms with van der Waals surface area (Å²) < 4.78 is 11.4.